The van der Waals surface area contributed by atoms with Gasteiger partial charge in [-0.1, -0.05) is 18.2 Å². The molecule has 1 N–H and O–H groups in total. The normalized spacial score (nSPS) is 9.94. The lowest BCUT2D eigenvalue weighted by molar-refractivity contribution is 0.154. The highest BCUT2D eigenvalue weighted by molar-refractivity contribution is 7.08. The molecule has 1 amide bonds. The van der Waals surface area contributed by atoms with Crippen molar-refractivity contribution in [3.63, 3.8) is 0 Å². The Bertz CT molecular complexity index is 499. The van der Waals surface area contributed by atoms with E-state index >= 15 is 0 Å². The summed E-state index contributed by atoms with van der Waals surface area (Å²) in [5.74, 6) is -0.379. The maximum absolute atomic E-state index is 13.2. The lowest BCUT2D eigenvalue weighted by Gasteiger charge is -2.06. The molecule has 2 rings (SSSR count). The average Bonchev–Trinajstić information content (AvgIpc) is 2.81. The van der Waals surface area contributed by atoms with Crippen LogP contribution in [0.2, 0.25) is 0 Å². The molecule has 1 aromatic carbocycles. The van der Waals surface area contributed by atoms with Crippen LogP contribution in [-0.4, -0.2) is 6.09 Å². The lowest BCUT2D eigenvalue weighted by atomic mass is 10.2. The van der Waals surface area contributed by atoms with Crippen LogP contribution in [0.4, 0.5) is 14.9 Å². The van der Waals surface area contributed by atoms with Gasteiger partial charge in [0.2, 0.25) is 0 Å². The van der Waals surface area contributed by atoms with Crippen molar-refractivity contribution in [1.82, 2.24) is 0 Å². The first-order valence-corrected chi connectivity index (χ1v) is 5.89. The minimum atomic E-state index is -0.591. The quantitative estimate of drug-likeness (QED) is 0.904. The van der Waals surface area contributed by atoms with Gasteiger partial charge in [-0.25, -0.2) is 9.18 Å². The van der Waals surface area contributed by atoms with Gasteiger partial charge in [-0.2, -0.15) is 11.3 Å². The van der Waals surface area contributed by atoms with Crippen LogP contribution in [0.15, 0.2) is 41.1 Å². The molecule has 0 spiro atoms. The van der Waals surface area contributed by atoms with Crippen molar-refractivity contribution in [3.05, 3.63) is 52.5 Å². The summed E-state index contributed by atoms with van der Waals surface area (Å²) in [4.78, 5) is 11.3. The van der Waals surface area contributed by atoms with Crippen molar-refractivity contribution in [2.24, 2.45) is 0 Å². The Morgan fingerprint density at radius 3 is 2.88 bits per heavy atom. The van der Waals surface area contributed by atoms with E-state index in [0.717, 1.165) is 0 Å². The van der Waals surface area contributed by atoms with Gasteiger partial charge in [0.25, 0.3) is 0 Å². The van der Waals surface area contributed by atoms with Crippen molar-refractivity contribution < 1.29 is 13.9 Å². The van der Waals surface area contributed by atoms with Crippen molar-refractivity contribution in [3.8, 4) is 0 Å². The number of thiophene rings is 1. The summed E-state index contributed by atoms with van der Waals surface area (Å²) >= 11 is 1.47. The minimum Gasteiger partial charge on any atom is -0.444 e. The Morgan fingerprint density at radius 2 is 2.18 bits per heavy atom. The standard InChI is InChI=1S/C12H10FNO2S/c13-11-4-2-1-3-9(11)7-16-12(15)14-10-5-6-17-8-10/h1-6,8H,7H2,(H,14,15). The predicted molar refractivity (Wildman–Crippen MR) is 64.5 cm³/mol. The van der Waals surface area contributed by atoms with Crippen LogP contribution in [0.1, 0.15) is 5.56 Å². The molecule has 0 saturated carbocycles. The third-order valence-corrected chi connectivity index (χ3v) is 2.77. The van der Waals surface area contributed by atoms with E-state index in [1.807, 2.05) is 5.38 Å². The van der Waals surface area contributed by atoms with E-state index < -0.39 is 6.09 Å². The van der Waals surface area contributed by atoms with E-state index in [9.17, 15) is 9.18 Å². The minimum absolute atomic E-state index is 0.0807. The number of carbonyl (C=O) groups excluding carboxylic acids is 1. The van der Waals surface area contributed by atoms with Gasteiger partial charge >= 0.3 is 6.09 Å². The number of hydrogen-bond acceptors (Lipinski definition) is 3. The Labute approximate surface area is 102 Å². The van der Waals surface area contributed by atoms with Crippen molar-refractivity contribution in [2.45, 2.75) is 6.61 Å². The zero-order chi connectivity index (χ0) is 12.1. The lowest BCUT2D eigenvalue weighted by Crippen LogP contribution is -2.13. The SMILES string of the molecule is O=C(Nc1ccsc1)OCc1ccccc1F. The number of rotatable bonds is 3. The highest BCUT2D eigenvalue weighted by atomic mass is 32.1. The molecule has 1 heterocycles. The van der Waals surface area contributed by atoms with Gasteiger partial charge in [0, 0.05) is 10.9 Å². The van der Waals surface area contributed by atoms with Crippen molar-refractivity contribution in [1.29, 1.82) is 0 Å². The second-order valence-corrected chi connectivity index (χ2v) is 4.08. The smallest absolute Gasteiger partial charge is 0.411 e. The van der Waals surface area contributed by atoms with Gasteiger partial charge in [-0.15, -0.1) is 0 Å². The Hall–Kier alpha value is -1.88. The maximum Gasteiger partial charge on any atom is 0.411 e. The molecule has 0 unspecified atom stereocenters. The predicted octanol–water partition coefficient (Wildman–Crippen LogP) is 3.64. The summed E-state index contributed by atoms with van der Waals surface area (Å²) in [7, 11) is 0. The van der Waals surface area contributed by atoms with Gasteiger partial charge in [0.05, 0.1) is 5.69 Å². The number of benzene rings is 1. The largest absolute Gasteiger partial charge is 0.444 e. The van der Waals surface area contributed by atoms with Gasteiger partial charge in [-0.05, 0) is 17.5 Å². The fourth-order valence-corrected chi connectivity index (χ4v) is 1.84. The Morgan fingerprint density at radius 1 is 1.35 bits per heavy atom. The molecule has 0 aliphatic carbocycles. The average molecular weight is 251 g/mol. The van der Waals surface area contributed by atoms with Gasteiger partial charge < -0.3 is 4.74 Å². The van der Waals surface area contributed by atoms with Crippen LogP contribution < -0.4 is 5.32 Å². The van der Waals surface area contributed by atoms with E-state index in [1.165, 1.54) is 17.4 Å². The first-order chi connectivity index (χ1) is 8.25. The number of hydrogen-bond donors (Lipinski definition) is 1. The van der Waals surface area contributed by atoms with E-state index in [4.69, 9.17) is 4.74 Å². The third-order valence-electron chi connectivity index (χ3n) is 2.08. The van der Waals surface area contributed by atoms with Gasteiger partial charge in [-0.3, -0.25) is 5.32 Å². The van der Waals surface area contributed by atoms with Crippen molar-refractivity contribution >= 4 is 23.1 Å². The molecule has 0 atom stereocenters. The van der Waals surface area contributed by atoms with E-state index in [0.29, 0.717) is 11.3 Å². The molecule has 0 aliphatic rings. The molecule has 0 fully saturated rings. The molecular weight excluding hydrogens is 241 g/mol. The number of amides is 1. The molecule has 0 aliphatic heterocycles. The molecule has 2 aromatic rings. The fraction of sp³-hybridized carbons (Fsp3) is 0.0833. The Kier molecular flexibility index (Phi) is 3.72. The monoisotopic (exact) mass is 251 g/mol. The van der Waals surface area contributed by atoms with Crippen LogP contribution in [0, 0.1) is 5.82 Å². The molecule has 88 valence electrons. The Balaban J connectivity index is 1.86. The summed E-state index contributed by atoms with van der Waals surface area (Å²) in [6, 6.07) is 7.94. The molecule has 5 heteroatoms. The number of anilines is 1. The number of ether oxygens (including phenoxy) is 1. The maximum atomic E-state index is 13.2. The van der Waals surface area contributed by atoms with E-state index in [2.05, 4.69) is 5.32 Å². The fourth-order valence-electron chi connectivity index (χ4n) is 1.25. The second kappa shape index (κ2) is 5.45. The third kappa shape index (κ3) is 3.29. The second-order valence-electron chi connectivity index (χ2n) is 3.30. The number of nitrogens with one attached hydrogen (secondary N) is 1. The molecular formula is C12H10FNO2S. The number of carbonyl (C=O) groups is 1. The van der Waals surface area contributed by atoms with Crippen LogP contribution >= 0.6 is 11.3 Å². The van der Waals surface area contributed by atoms with Crippen LogP contribution in [0.25, 0.3) is 0 Å². The topological polar surface area (TPSA) is 38.3 Å². The van der Waals surface area contributed by atoms with Crippen LogP contribution in [-0.2, 0) is 11.3 Å². The van der Waals surface area contributed by atoms with E-state index in [-0.39, 0.29) is 12.4 Å². The van der Waals surface area contributed by atoms with Crippen LogP contribution in [0.5, 0.6) is 0 Å². The summed E-state index contributed by atoms with van der Waals surface area (Å²) < 4.78 is 18.1. The molecule has 3 nitrogen and oxygen atoms in total. The zero-order valence-electron chi connectivity index (χ0n) is 8.85. The van der Waals surface area contributed by atoms with E-state index in [1.54, 1.807) is 29.6 Å². The highest BCUT2D eigenvalue weighted by Crippen LogP contribution is 2.13. The molecule has 0 saturated heterocycles. The summed E-state index contributed by atoms with van der Waals surface area (Å²) in [6.07, 6.45) is -0.591. The molecule has 17 heavy (non-hydrogen) atoms. The highest BCUT2D eigenvalue weighted by Gasteiger charge is 2.06. The van der Waals surface area contributed by atoms with Crippen molar-refractivity contribution in [2.75, 3.05) is 5.32 Å². The summed E-state index contributed by atoms with van der Waals surface area (Å²) in [6.45, 7) is -0.0807. The molecule has 0 radical (unpaired) electrons. The molecule has 0 bridgehead atoms. The first-order valence-electron chi connectivity index (χ1n) is 4.95. The number of halogens is 1. The zero-order valence-corrected chi connectivity index (χ0v) is 9.67. The van der Waals surface area contributed by atoms with Gasteiger partial charge in [0.1, 0.15) is 12.4 Å². The van der Waals surface area contributed by atoms with Gasteiger partial charge in [0.15, 0.2) is 0 Å². The van der Waals surface area contributed by atoms with Crippen LogP contribution in [0.3, 0.4) is 0 Å². The first kappa shape index (κ1) is 11.6. The summed E-state index contributed by atoms with van der Waals surface area (Å²) in [5.41, 5.74) is 1.03. The molecule has 1 aromatic heterocycles. The summed E-state index contributed by atoms with van der Waals surface area (Å²) in [5, 5.41) is 6.16.